The van der Waals surface area contributed by atoms with Gasteiger partial charge in [-0.1, -0.05) is 35.0 Å². The third-order valence-corrected chi connectivity index (χ3v) is 7.21. The van der Waals surface area contributed by atoms with Crippen LogP contribution >= 0.6 is 15.9 Å². The second-order valence-corrected chi connectivity index (χ2v) is 8.93. The number of halogens is 2. The van der Waals surface area contributed by atoms with Crippen molar-refractivity contribution in [3.05, 3.63) is 35.6 Å². The maximum Gasteiger partial charge on any atom is 0.224 e. The molecule has 0 N–H and O–H groups in total. The van der Waals surface area contributed by atoms with Crippen molar-refractivity contribution in [2.75, 3.05) is 30.8 Å². The van der Waals surface area contributed by atoms with Crippen LogP contribution in [0.4, 0.5) is 4.39 Å². The van der Waals surface area contributed by atoms with Crippen LogP contribution in [-0.2, 0) is 14.8 Å². The van der Waals surface area contributed by atoms with Gasteiger partial charge in [0.1, 0.15) is 10.5 Å². The highest BCUT2D eigenvalue weighted by atomic mass is 79.9. The molecule has 0 aromatic heterocycles. The Hall–Kier alpha value is -0.990. The van der Waals surface area contributed by atoms with E-state index in [4.69, 9.17) is 0 Å². The first kappa shape index (κ1) is 18.4. The summed E-state index contributed by atoms with van der Waals surface area (Å²) in [5.41, 5.74) is 0.917. The lowest BCUT2D eigenvalue weighted by atomic mass is 9.97. The van der Waals surface area contributed by atoms with E-state index >= 15 is 0 Å². The number of benzene rings is 1. The molecule has 5 nitrogen and oxygen atoms in total. The third kappa shape index (κ3) is 4.74. The number of sulfonamides is 1. The minimum absolute atomic E-state index is 0.00212. The quantitative estimate of drug-likeness (QED) is 0.703. The van der Waals surface area contributed by atoms with Gasteiger partial charge >= 0.3 is 0 Å². The van der Waals surface area contributed by atoms with Crippen molar-refractivity contribution < 1.29 is 17.6 Å². The molecule has 0 saturated carbocycles. The molecule has 2 rings (SSSR count). The van der Waals surface area contributed by atoms with Gasteiger partial charge in [0.25, 0.3) is 0 Å². The SMILES string of the molecule is CC(CC(=O)N1CCN(S(=O)(=O)CBr)CC1)c1ccc(F)cc1. The molecule has 1 unspecified atom stereocenters. The van der Waals surface area contributed by atoms with E-state index in [0.717, 1.165) is 5.56 Å². The Bertz CT molecular complexity index is 643. The molecule has 1 heterocycles. The fourth-order valence-electron chi connectivity index (χ4n) is 2.58. The van der Waals surface area contributed by atoms with Crippen molar-refractivity contribution in [2.24, 2.45) is 0 Å². The minimum Gasteiger partial charge on any atom is -0.340 e. The number of amides is 1. The van der Waals surface area contributed by atoms with Crippen molar-refractivity contribution in [3.8, 4) is 0 Å². The van der Waals surface area contributed by atoms with Crippen LogP contribution in [0.15, 0.2) is 24.3 Å². The average molecular weight is 407 g/mol. The summed E-state index contributed by atoms with van der Waals surface area (Å²) < 4.78 is 37.8. The van der Waals surface area contributed by atoms with Gasteiger partial charge in [-0.05, 0) is 23.6 Å². The first-order chi connectivity index (χ1) is 10.8. The molecule has 0 spiro atoms. The summed E-state index contributed by atoms with van der Waals surface area (Å²) in [7, 11) is -3.26. The molecule has 23 heavy (non-hydrogen) atoms. The molecule has 1 aromatic rings. The number of piperazine rings is 1. The van der Waals surface area contributed by atoms with E-state index in [1.54, 1.807) is 17.0 Å². The van der Waals surface area contributed by atoms with Crippen LogP contribution in [0.3, 0.4) is 0 Å². The van der Waals surface area contributed by atoms with Gasteiger partial charge in [-0.3, -0.25) is 4.79 Å². The normalized spacial score (nSPS) is 18.0. The number of alkyl halides is 1. The van der Waals surface area contributed by atoms with E-state index in [1.165, 1.54) is 16.4 Å². The Balaban J connectivity index is 1.89. The molecular formula is C15H20BrFN2O3S. The van der Waals surface area contributed by atoms with E-state index in [9.17, 15) is 17.6 Å². The second kappa shape index (κ2) is 7.72. The highest BCUT2D eigenvalue weighted by molar-refractivity contribution is 9.10. The number of hydrogen-bond acceptors (Lipinski definition) is 3. The van der Waals surface area contributed by atoms with Crippen LogP contribution in [0, 0.1) is 5.82 Å². The van der Waals surface area contributed by atoms with Crippen molar-refractivity contribution in [1.82, 2.24) is 9.21 Å². The van der Waals surface area contributed by atoms with Crippen molar-refractivity contribution in [2.45, 2.75) is 19.3 Å². The van der Waals surface area contributed by atoms with Crippen LogP contribution in [-0.4, -0.2) is 54.4 Å². The lowest BCUT2D eigenvalue weighted by Crippen LogP contribution is -2.50. The van der Waals surface area contributed by atoms with Crippen molar-refractivity contribution in [3.63, 3.8) is 0 Å². The molecule has 0 radical (unpaired) electrons. The van der Waals surface area contributed by atoms with E-state index in [2.05, 4.69) is 15.9 Å². The van der Waals surface area contributed by atoms with E-state index in [1.807, 2.05) is 6.92 Å². The zero-order valence-corrected chi connectivity index (χ0v) is 15.3. The molecule has 0 aliphatic carbocycles. The Kier molecular flexibility index (Phi) is 6.16. The number of carbonyl (C=O) groups is 1. The smallest absolute Gasteiger partial charge is 0.224 e. The molecule has 128 valence electrons. The molecule has 1 amide bonds. The third-order valence-electron chi connectivity index (χ3n) is 4.04. The van der Waals surface area contributed by atoms with Gasteiger partial charge in [-0.2, -0.15) is 4.31 Å². The number of nitrogens with zero attached hydrogens (tertiary/aromatic N) is 2. The van der Waals surface area contributed by atoms with Gasteiger partial charge in [0.05, 0.1) is 0 Å². The van der Waals surface area contributed by atoms with Crippen molar-refractivity contribution >= 4 is 31.9 Å². The summed E-state index contributed by atoms with van der Waals surface area (Å²) in [6.45, 7) is 3.38. The number of rotatable bonds is 5. The van der Waals surface area contributed by atoms with Crippen molar-refractivity contribution in [1.29, 1.82) is 0 Å². The summed E-state index contributed by atoms with van der Waals surface area (Å²) in [5, 5.41) is 0. The van der Waals surface area contributed by atoms with Gasteiger partial charge in [0.2, 0.25) is 15.9 Å². The Morgan fingerprint density at radius 1 is 1.22 bits per heavy atom. The molecule has 1 aromatic carbocycles. The zero-order valence-electron chi connectivity index (χ0n) is 12.9. The van der Waals surface area contributed by atoms with Gasteiger partial charge in [0.15, 0.2) is 0 Å². The zero-order chi connectivity index (χ0) is 17.0. The Morgan fingerprint density at radius 3 is 2.30 bits per heavy atom. The van der Waals surface area contributed by atoms with Gasteiger partial charge in [0, 0.05) is 32.6 Å². The minimum atomic E-state index is -3.26. The maximum absolute atomic E-state index is 12.9. The largest absolute Gasteiger partial charge is 0.340 e. The fraction of sp³-hybridized carbons (Fsp3) is 0.533. The topological polar surface area (TPSA) is 57.7 Å². The molecule has 1 fully saturated rings. The van der Waals surface area contributed by atoms with Crippen LogP contribution in [0.5, 0.6) is 0 Å². The summed E-state index contributed by atoms with van der Waals surface area (Å²) >= 11 is 2.98. The molecular weight excluding hydrogens is 387 g/mol. The van der Waals surface area contributed by atoms with Gasteiger partial charge < -0.3 is 4.90 Å². The van der Waals surface area contributed by atoms with Gasteiger partial charge in [-0.25, -0.2) is 12.8 Å². The number of hydrogen-bond donors (Lipinski definition) is 0. The molecule has 1 aliphatic heterocycles. The standard InChI is InChI=1S/C15H20BrFN2O3S/c1-12(13-2-4-14(17)5-3-13)10-15(20)18-6-8-19(9-7-18)23(21,22)11-16/h2-5,12H,6-11H2,1H3. The predicted octanol–water partition coefficient (Wildman–Crippen LogP) is 2.15. The molecule has 8 heteroatoms. The van der Waals surface area contributed by atoms with Crippen LogP contribution in [0.2, 0.25) is 0 Å². The van der Waals surface area contributed by atoms with Crippen LogP contribution < -0.4 is 0 Å². The molecule has 1 saturated heterocycles. The van der Waals surface area contributed by atoms with Gasteiger partial charge in [-0.15, -0.1) is 0 Å². The lowest BCUT2D eigenvalue weighted by molar-refractivity contribution is -0.132. The first-order valence-electron chi connectivity index (χ1n) is 7.40. The summed E-state index contributed by atoms with van der Waals surface area (Å²) in [6.07, 6.45) is 0.330. The van der Waals surface area contributed by atoms with E-state index in [0.29, 0.717) is 32.6 Å². The highest BCUT2D eigenvalue weighted by Crippen LogP contribution is 2.21. The Labute approximate surface area is 144 Å². The van der Waals surface area contributed by atoms with Crippen LogP contribution in [0.1, 0.15) is 24.8 Å². The highest BCUT2D eigenvalue weighted by Gasteiger charge is 2.28. The summed E-state index contributed by atoms with van der Waals surface area (Å²) in [5.74, 6) is -0.304. The van der Waals surface area contributed by atoms with Crippen LogP contribution in [0.25, 0.3) is 0 Å². The molecule has 0 bridgehead atoms. The second-order valence-electron chi connectivity index (χ2n) is 5.66. The average Bonchev–Trinajstić information content (AvgIpc) is 2.55. The Morgan fingerprint density at radius 2 is 1.78 bits per heavy atom. The van der Waals surface area contributed by atoms with E-state index < -0.39 is 10.0 Å². The molecule has 1 aliphatic rings. The summed E-state index contributed by atoms with van der Waals surface area (Å²) in [4.78, 5) is 14.0. The van der Waals surface area contributed by atoms with E-state index in [-0.39, 0.29) is 22.3 Å². The summed E-state index contributed by atoms with van der Waals surface area (Å²) in [6, 6.07) is 6.15. The lowest BCUT2D eigenvalue weighted by Gasteiger charge is -2.34. The monoisotopic (exact) mass is 406 g/mol. The number of carbonyl (C=O) groups excluding carboxylic acids is 1. The molecule has 1 atom stereocenters. The predicted molar refractivity (Wildman–Crippen MR) is 90.3 cm³/mol. The maximum atomic E-state index is 12.9. The first-order valence-corrected chi connectivity index (χ1v) is 10.1. The fourth-order valence-corrected chi connectivity index (χ4v) is 4.31.